The van der Waals surface area contributed by atoms with Crippen LogP contribution in [0.3, 0.4) is 0 Å². The van der Waals surface area contributed by atoms with Gasteiger partial charge in [-0.1, -0.05) is 30.3 Å². The van der Waals surface area contributed by atoms with Gasteiger partial charge in [-0.2, -0.15) is 0 Å². The van der Waals surface area contributed by atoms with Crippen LogP contribution in [0.2, 0.25) is 0 Å². The van der Waals surface area contributed by atoms with Crippen molar-refractivity contribution in [3.63, 3.8) is 0 Å². The molecule has 2 aromatic rings. The molecule has 1 N–H and O–H groups in total. The first-order chi connectivity index (χ1) is 13.8. The van der Waals surface area contributed by atoms with Crippen LogP contribution < -0.4 is 16.0 Å². The molecule has 1 aliphatic rings. The van der Waals surface area contributed by atoms with Gasteiger partial charge in [-0.3, -0.25) is 14.3 Å². The maximum Gasteiger partial charge on any atom is 0.330 e. The molecular formula is C19H26N4O5S. The highest BCUT2D eigenvalue weighted by Crippen LogP contribution is 2.20. The van der Waals surface area contributed by atoms with Crippen LogP contribution in [-0.4, -0.2) is 55.3 Å². The zero-order valence-corrected chi connectivity index (χ0v) is 17.4. The standard InChI is InChI=1S/C19H26N4O5S/c1-21-14-17(18(24)22(2)19(21)25)29(26,27)20-16(15-6-4-3-5-7-15)8-9-23-10-12-28-13-11-23/h3-7,14,16,20H,8-13H2,1-2H3/t16-/m1/s1. The number of rotatable bonds is 7. The van der Waals surface area contributed by atoms with Crippen LogP contribution in [0.15, 0.2) is 51.0 Å². The molecule has 0 saturated carbocycles. The van der Waals surface area contributed by atoms with Gasteiger partial charge in [0.05, 0.1) is 13.2 Å². The number of sulfonamides is 1. The molecule has 1 saturated heterocycles. The zero-order valence-electron chi connectivity index (χ0n) is 16.6. The lowest BCUT2D eigenvalue weighted by Gasteiger charge is -2.28. The third-order valence-corrected chi connectivity index (χ3v) is 6.50. The van der Waals surface area contributed by atoms with E-state index in [9.17, 15) is 18.0 Å². The van der Waals surface area contributed by atoms with Crippen molar-refractivity contribution in [1.82, 2.24) is 18.8 Å². The van der Waals surface area contributed by atoms with Crippen LogP contribution >= 0.6 is 0 Å². The number of hydrogen-bond donors (Lipinski definition) is 1. The first-order valence-electron chi connectivity index (χ1n) is 9.43. The molecule has 1 aromatic carbocycles. The molecule has 29 heavy (non-hydrogen) atoms. The molecule has 1 aromatic heterocycles. The van der Waals surface area contributed by atoms with Gasteiger partial charge >= 0.3 is 5.69 Å². The van der Waals surface area contributed by atoms with Crippen LogP contribution in [-0.2, 0) is 28.9 Å². The fourth-order valence-corrected chi connectivity index (χ4v) is 4.74. The number of ether oxygens (including phenoxy) is 1. The Morgan fingerprint density at radius 3 is 2.41 bits per heavy atom. The molecule has 1 atom stereocenters. The summed E-state index contributed by atoms with van der Waals surface area (Å²) in [6, 6.07) is 8.75. The Bertz CT molecular complexity index is 1060. The van der Waals surface area contributed by atoms with Crippen molar-refractivity contribution in [2.24, 2.45) is 14.1 Å². The molecular weight excluding hydrogens is 396 g/mol. The topological polar surface area (TPSA) is 103 Å². The van der Waals surface area contributed by atoms with E-state index >= 15 is 0 Å². The van der Waals surface area contributed by atoms with Gasteiger partial charge in [0.1, 0.15) is 0 Å². The van der Waals surface area contributed by atoms with Crippen molar-refractivity contribution in [3.8, 4) is 0 Å². The molecule has 0 amide bonds. The number of benzene rings is 1. The third-order valence-electron chi connectivity index (χ3n) is 5.04. The van der Waals surface area contributed by atoms with Crippen LogP contribution in [0.5, 0.6) is 0 Å². The fraction of sp³-hybridized carbons (Fsp3) is 0.474. The molecule has 0 aliphatic carbocycles. The third kappa shape index (κ3) is 5.02. The molecule has 9 nitrogen and oxygen atoms in total. The zero-order chi connectivity index (χ0) is 21.0. The minimum Gasteiger partial charge on any atom is -0.379 e. The largest absolute Gasteiger partial charge is 0.379 e. The van der Waals surface area contributed by atoms with E-state index in [-0.39, 0.29) is 0 Å². The van der Waals surface area contributed by atoms with Gasteiger partial charge in [-0.25, -0.2) is 17.9 Å². The second-order valence-electron chi connectivity index (χ2n) is 7.08. The number of aromatic nitrogens is 2. The van der Waals surface area contributed by atoms with Crippen LogP contribution in [0.4, 0.5) is 0 Å². The average Bonchev–Trinajstić information content (AvgIpc) is 2.73. The van der Waals surface area contributed by atoms with Gasteiger partial charge in [0.15, 0.2) is 4.90 Å². The van der Waals surface area contributed by atoms with E-state index in [2.05, 4.69) is 9.62 Å². The van der Waals surface area contributed by atoms with E-state index in [1.807, 2.05) is 30.3 Å². The Hall–Kier alpha value is -2.27. The highest BCUT2D eigenvalue weighted by atomic mass is 32.2. The maximum atomic E-state index is 13.0. The van der Waals surface area contributed by atoms with E-state index in [4.69, 9.17) is 4.74 Å². The Kier molecular flexibility index (Phi) is 6.68. The second-order valence-corrected chi connectivity index (χ2v) is 8.76. The summed E-state index contributed by atoms with van der Waals surface area (Å²) < 4.78 is 36.0. The van der Waals surface area contributed by atoms with Gasteiger partial charge in [-0.05, 0) is 12.0 Å². The SMILES string of the molecule is Cn1cc(S(=O)(=O)N[C@H](CCN2CCOCC2)c2ccccc2)c(=O)n(C)c1=O. The van der Waals surface area contributed by atoms with Crippen LogP contribution in [0.25, 0.3) is 0 Å². The van der Waals surface area contributed by atoms with Gasteiger partial charge in [0.25, 0.3) is 5.56 Å². The Morgan fingerprint density at radius 2 is 1.76 bits per heavy atom. The molecule has 0 radical (unpaired) electrons. The molecule has 3 rings (SSSR count). The first-order valence-corrected chi connectivity index (χ1v) is 10.9. The molecule has 1 fully saturated rings. The summed E-state index contributed by atoms with van der Waals surface area (Å²) in [5.41, 5.74) is -0.618. The van der Waals surface area contributed by atoms with Gasteiger partial charge in [0, 0.05) is 46.0 Å². The van der Waals surface area contributed by atoms with Crippen molar-refractivity contribution in [2.45, 2.75) is 17.4 Å². The van der Waals surface area contributed by atoms with E-state index in [0.29, 0.717) is 26.2 Å². The molecule has 1 aliphatic heterocycles. The highest BCUT2D eigenvalue weighted by Gasteiger charge is 2.26. The second kappa shape index (κ2) is 9.04. The van der Waals surface area contributed by atoms with E-state index < -0.39 is 32.2 Å². The van der Waals surface area contributed by atoms with Gasteiger partial charge in [-0.15, -0.1) is 0 Å². The van der Waals surface area contributed by atoms with Crippen LogP contribution in [0, 0.1) is 0 Å². The maximum absolute atomic E-state index is 13.0. The fourth-order valence-electron chi connectivity index (χ4n) is 3.33. The highest BCUT2D eigenvalue weighted by molar-refractivity contribution is 7.89. The quantitative estimate of drug-likeness (QED) is 0.664. The van der Waals surface area contributed by atoms with E-state index in [0.717, 1.165) is 34.0 Å². The van der Waals surface area contributed by atoms with E-state index in [1.54, 1.807) is 0 Å². The minimum absolute atomic E-state index is 0.450. The Balaban J connectivity index is 1.88. The van der Waals surface area contributed by atoms with Crippen molar-refractivity contribution in [1.29, 1.82) is 0 Å². The Morgan fingerprint density at radius 1 is 1.10 bits per heavy atom. The summed E-state index contributed by atoms with van der Waals surface area (Å²) in [5, 5.41) is 0. The molecule has 0 spiro atoms. The summed E-state index contributed by atoms with van der Waals surface area (Å²) in [5.74, 6) is 0. The number of nitrogens with one attached hydrogen (secondary N) is 1. The molecule has 0 unspecified atom stereocenters. The lowest BCUT2D eigenvalue weighted by Crippen LogP contribution is -2.43. The minimum atomic E-state index is -4.14. The summed E-state index contributed by atoms with van der Waals surface area (Å²) in [6.07, 6.45) is 1.60. The number of morpholine rings is 1. The molecule has 10 heteroatoms. The predicted octanol–water partition coefficient (Wildman–Crippen LogP) is -0.174. The van der Waals surface area contributed by atoms with Crippen molar-refractivity contribution < 1.29 is 13.2 Å². The summed E-state index contributed by atoms with van der Waals surface area (Å²) in [4.78, 5) is 26.1. The van der Waals surface area contributed by atoms with Crippen molar-refractivity contribution in [2.75, 3.05) is 32.8 Å². The molecule has 0 bridgehead atoms. The average molecular weight is 423 g/mol. The molecule has 2 heterocycles. The summed E-state index contributed by atoms with van der Waals surface area (Å²) in [6.45, 7) is 3.62. The van der Waals surface area contributed by atoms with Crippen molar-refractivity contribution >= 4 is 10.0 Å². The molecule has 158 valence electrons. The monoisotopic (exact) mass is 422 g/mol. The lowest BCUT2D eigenvalue weighted by molar-refractivity contribution is 0.0364. The van der Waals surface area contributed by atoms with E-state index in [1.165, 1.54) is 14.1 Å². The van der Waals surface area contributed by atoms with Gasteiger partial charge in [0.2, 0.25) is 10.0 Å². The van der Waals surface area contributed by atoms with Gasteiger partial charge < -0.3 is 9.30 Å². The number of hydrogen-bond acceptors (Lipinski definition) is 6. The predicted molar refractivity (Wildman–Crippen MR) is 108 cm³/mol. The lowest BCUT2D eigenvalue weighted by atomic mass is 10.0. The normalized spacial score (nSPS) is 16.6. The summed E-state index contributed by atoms with van der Waals surface area (Å²) >= 11 is 0. The number of aryl methyl sites for hydroxylation is 1. The smallest absolute Gasteiger partial charge is 0.330 e. The van der Waals surface area contributed by atoms with Crippen molar-refractivity contribution in [3.05, 3.63) is 62.9 Å². The number of nitrogens with zero attached hydrogens (tertiary/aromatic N) is 3. The van der Waals surface area contributed by atoms with Crippen LogP contribution in [0.1, 0.15) is 18.0 Å². The Labute approximate surface area is 169 Å². The first kappa shape index (κ1) is 21.4. The summed E-state index contributed by atoms with van der Waals surface area (Å²) in [7, 11) is -1.47.